The Hall–Kier alpha value is -1.76. The van der Waals surface area contributed by atoms with Crippen LogP contribution in [0.3, 0.4) is 0 Å². The lowest BCUT2D eigenvalue weighted by atomic mass is 10.0. The Kier molecular flexibility index (Phi) is 5.51. The number of pyridine rings is 1. The molecule has 0 radical (unpaired) electrons. The minimum absolute atomic E-state index is 0.129. The third-order valence-corrected chi connectivity index (χ3v) is 5.33. The summed E-state index contributed by atoms with van der Waals surface area (Å²) in [5.74, 6) is 0. The standard InChI is InChI=1S/C19H10Cl4N2/c20-14-5-1-3-12(18(14)22)11-7-8-16(25-17(11)9-10-24)13-4-2-6-15(21)19(13)23/h1-8H,9H2. The molecule has 0 aliphatic heterocycles. The van der Waals surface area contributed by atoms with Gasteiger partial charge in [0.05, 0.1) is 44.0 Å². The molecular weight excluding hydrogens is 398 g/mol. The number of benzene rings is 2. The molecule has 0 aliphatic carbocycles. The number of hydrogen-bond acceptors (Lipinski definition) is 2. The first-order valence-electron chi connectivity index (χ1n) is 7.28. The zero-order chi connectivity index (χ0) is 18.0. The number of nitrogens with zero attached hydrogens (tertiary/aromatic N) is 2. The molecule has 0 aliphatic rings. The summed E-state index contributed by atoms with van der Waals surface area (Å²) in [7, 11) is 0. The summed E-state index contributed by atoms with van der Waals surface area (Å²) in [6, 6.07) is 16.5. The van der Waals surface area contributed by atoms with Crippen LogP contribution in [0.4, 0.5) is 0 Å². The van der Waals surface area contributed by atoms with Gasteiger partial charge in [-0.1, -0.05) is 76.7 Å². The molecule has 2 aromatic carbocycles. The quantitative estimate of drug-likeness (QED) is 0.464. The van der Waals surface area contributed by atoms with Gasteiger partial charge in [-0.3, -0.25) is 4.98 Å². The molecular formula is C19H10Cl4N2. The molecule has 0 bridgehead atoms. The van der Waals surface area contributed by atoms with Crippen LogP contribution in [0.5, 0.6) is 0 Å². The number of halogens is 4. The number of hydrogen-bond donors (Lipinski definition) is 0. The predicted octanol–water partition coefficient (Wildman–Crippen LogP) is 7.10. The van der Waals surface area contributed by atoms with Crippen molar-refractivity contribution in [1.29, 1.82) is 5.26 Å². The van der Waals surface area contributed by atoms with Gasteiger partial charge in [-0.05, 0) is 18.2 Å². The van der Waals surface area contributed by atoms with Crippen LogP contribution in [0.15, 0.2) is 48.5 Å². The van der Waals surface area contributed by atoms with Crippen molar-refractivity contribution in [2.45, 2.75) is 6.42 Å². The highest BCUT2D eigenvalue weighted by Gasteiger charge is 2.15. The van der Waals surface area contributed by atoms with Crippen LogP contribution >= 0.6 is 46.4 Å². The maximum atomic E-state index is 9.18. The van der Waals surface area contributed by atoms with E-state index in [1.807, 2.05) is 24.3 Å². The molecule has 1 aromatic heterocycles. The van der Waals surface area contributed by atoms with E-state index in [4.69, 9.17) is 46.4 Å². The normalized spacial score (nSPS) is 10.5. The van der Waals surface area contributed by atoms with E-state index in [0.29, 0.717) is 37.0 Å². The second-order valence-electron chi connectivity index (χ2n) is 5.23. The Morgan fingerprint density at radius 3 is 2.00 bits per heavy atom. The largest absolute Gasteiger partial charge is 0.251 e. The van der Waals surface area contributed by atoms with E-state index in [-0.39, 0.29) is 6.42 Å². The lowest BCUT2D eigenvalue weighted by Crippen LogP contribution is -1.97. The fourth-order valence-electron chi connectivity index (χ4n) is 2.52. The topological polar surface area (TPSA) is 36.7 Å². The van der Waals surface area contributed by atoms with E-state index < -0.39 is 0 Å². The number of aromatic nitrogens is 1. The van der Waals surface area contributed by atoms with E-state index in [1.54, 1.807) is 24.3 Å². The van der Waals surface area contributed by atoms with Gasteiger partial charge >= 0.3 is 0 Å². The lowest BCUT2D eigenvalue weighted by molar-refractivity contribution is 1.12. The molecule has 124 valence electrons. The van der Waals surface area contributed by atoms with Gasteiger partial charge in [0.2, 0.25) is 0 Å². The smallest absolute Gasteiger partial charge is 0.0781 e. The van der Waals surface area contributed by atoms with Gasteiger partial charge in [0.1, 0.15) is 0 Å². The van der Waals surface area contributed by atoms with Crippen molar-refractivity contribution in [3.05, 3.63) is 74.3 Å². The monoisotopic (exact) mass is 406 g/mol. The molecule has 0 fully saturated rings. The van der Waals surface area contributed by atoms with Gasteiger partial charge in [0, 0.05) is 16.7 Å². The summed E-state index contributed by atoms with van der Waals surface area (Å²) in [4.78, 5) is 4.61. The first-order chi connectivity index (χ1) is 12.0. The molecule has 2 nitrogen and oxygen atoms in total. The maximum absolute atomic E-state index is 9.18. The first kappa shape index (κ1) is 18.0. The highest BCUT2D eigenvalue weighted by molar-refractivity contribution is 6.44. The van der Waals surface area contributed by atoms with Crippen molar-refractivity contribution in [2.24, 2.45) is 0 Å². The Bertz CT molecular complexity index is 993. The highest BCUT2D eigenvalue weighted by Crippen LogP contribution is 2.37. The van der Waals surface area contributed by atoms with Crippen molar-refractivity contribution >= 4 is 46.4 Å². The first-order valence-corrected chi connectivity index (χ1v) is 8.79. The summed E-state index contributed by atoms with van der Waals surface area (Å²) in [5.41, 5.74) is 3.43. The van der Waals surface area contributed by atoms with Crippen LogP contribution < -0.4 is 0 Å². The van der Waals surface area contributed by atoms with Crippen molar-refractivity contribution in [3.8, 4) is 28.5 Å². The Morgan fingerprint density at radius 2 is 1.36 bits per heavy atom. The van der Waals surface area contributed by atoms with Crippen molar-refractivity contribution < 1.29 is 0 Å². The SMILES string of the molecule is N#CCc1nc(-c2cccc(Cl)c2Cl)ccc1-c1cccc(Cl)c1Cl. The van der Waals surface area contributed by atoms with Crippen molar-refractivity contribution in [3.63, 3.8) is 0 Å². The molecule has 3 aromatic rings. The van der Waals surface area contributed by atoms with Crippen LogP contribution in [-0.2, 0) is 6.42 Å². The minimum Gasteiger partial charge on any atom is -0.251 e. The fraction of sp³-hybridized carbons (Fsp3) is 0.0526. The highest BCUT2D eigenvalue weighted by atomic mass is 35.5. The molecule has 0 amide bonds. The van der Waals surface area contributed by atoms with Gasteiger partial charge < -0.3 is 0 Å². The molecule has 0 atom stereocenters. The number of nitriles is 1. The zero-order valence-corrected chi connectivity index (χ0v) is 15.8. The third kappa shape index (κ3) is 3.61. The lowest BCUT2D eigenvalue weighted by Gasteiger charge is -2.12. The number of rotatable bonds is 3. The predicted molar refractivity (Wildman–Crippen MR) is 104 cm³/mol. The summed E-state index contributed by atoms with van der Waals surface area (Å²) >= 11 is 24.8. The van der Waals surface area contributed by atoms with E-state index in [1.165, 1.54) is 0 Å². The van der Waals surface area contributed by atoms with E-state index >= 15 is 0 Å². The van der Waals surface area contributed by atoms with Crippen LogP contribution in [-0.4, -0.2) is 4.98 Å². The minimum atomic E-state index is 0.129. The molecule has 3 rings (SSSR count). The van der Waals surface area contributed by atoms with E-state index in [0.717, 1.165) is 11.1 Å². The van der Waals surface area contributed by atoms with Crippen molar-refractivity contribution in [1.82, 2.24) is 4.98 Å². The Labute approximate surface area is 165 Å². The molecule has 0 N–H and O–H groups in total. The Balaban J connectivity index is 2.19. The summed E-state index contributed by atoms with van der Waals surface area (Å²) in [6.07, 6.45) is 0.129. The maximum Gasteiger partial charge on any atom is 0.0781 e. The van der Waals surface area contributed by atoms with Gasteiger partial charge in [-0.15, -0.1) is 0 Å². The van der Waals surface area contributed by atoms with Crippen LogP contribution in [0, 0.1) is 11.3 Å². The van der Waals surface area contributed by atoms with E-state index in [2.05, 4.69) is 11.1 Å². The molecule has 0 unspecified atom stereocenters. The average Bonchev–Trinajstić information content (AvgIpc) is 2.60. The van der Waals surface area contributed by atoms with Crippen molar-refractivity contribution in [2.75, 3.05) is 0 Å². The van der Waals surface area contributed by atoms with Gasteiger partial charge in [0.15, 0.2) is 0 Å². The fourth-order valence-corrected chi connectivity index (χ4v) is 3.32. The Morgan fingerprint density at radius 1 is 0.760 bits per heavy atom. The summed E-state index contributed by atoms with van der Waals surface area (Å²) in [5, 5.41) is 10.9. The van der Waals surface area contributed by atoms with Gasteiger partial charge in [-0.25, -0.2) is 0 Å². The molecule has 25 heavy (non-hydrogen) atoms. The average molecular weight is 408 g/mol. The zero-order valence-electron chi connectivity index (χ0n) is 12.7. The second-order valence-corrected chi connectivity index (χ2v) is 6.80. The second kappa shape index (κ2) is 7.64. The van der Waals surface area contributed by atoms with Crippen LogP contribution in [0.2, 0.25) is 20.1 Å². The summed E-state index contributed by atoms with van der Waals surface area (Å²) in [6.45, 7) is 0. The molecule has 6 heteroatoms. The third-order valence-electron chi connectivity index (χ3n) is 3.69. The van der Waals surface area contributed by atoms with Gasteiger partial charge in [-0.2, -0.15) is 5.26 Å². The van der Waals surface area contributed by atoms with Gasteiger partial charge in [0.25, 0.3) is 0 Å². The molecule has 1 heterocycles. The molecule has 0 saturated heterocycles. The summed E-state index contributed by atoms with van der Waals surface area (Å²) < 4.78 is 0. The van der Waals surface area contributed by atoms with E-state index in [9.17, 15) is 5.26 Å². The van der Waals surface area contributed by atoms with Crippen LogP contribution in [0.25, 0.3) is 22.4 Å². The molecule has 0 spiro atoms. The molecule has 0 saturated carbocycles. The van der Waals surface area contributed by atoms with Crippen LogP contribution in [0.1, 0.15) is 5.69 Å².